The Morgan fingerprint density at radius 3 is 2.79 bits per heavy atom. The monoisotopic (exact) mass is 314 g/mol. The van der Waals surface area contributed by atoms with E-state index < -0.39 is 0 Å². The Labute approximate surface area is 99.4 Å². The Hall–Kier alpha value is -0.480. The van der Waals surface area contributed by atoms with Gasteiger partial charge >= 0.3 is 0 Å². The highest BCUT2D eigenvalue weighted by molar-refractivity contribution is 9.25. The minimum absolute atomic E-state index is 0.172. The van der Waals surface area contributed by atoms with Crippen LogP contribution in [-0.4, -0.2) is 13.9 Å². The number of hydrogen-bond acceptors (Lipinski definition) is 2. The fraction of sp³-hybridized carbons (Fsp3) is 0.200. The summed E-state index contributed by atoms with van der Waals surface area (Å²) in [4.78, 5) is 8.57. The summed E-state index contributed by atoms with van der Waals surface area (Å²) in [5, 5.41) is 0. The normalized spacial score (nSPS) is 19.1. The van der Waals surface area contributed by atoms with Gasteiger partial charge in [0.2, 0.25) is 0 Å². The molecule has 0 aliphatic carbocycles. The summed E-state index contributed by atoms with van der Waals surface area (Å²) in [6.07, 6.45) is 6.33. The molecule has 0 unspecified atom stereocenters. The zero-order valence-corrected chi connectivity index (χ0v) is 10.5. The number of aliphatic imine (C=N–C) groups is 1. The van der Waals surface area contributed by atoms with E-state index in [1.54, 1.807) is 12.4 Å². The van der Waals surface area contributed by atoms with Gasteiger partial charge in [-0.3, -0.25) is 9.98 Å². The molecule has 0 saturated carbocycles. The van der Waals surface area contributed by atoms with E-state index in [0.29, 0.717) is 0 Å². The lowest BCUT2D eigenvalue weighted by atomic mass is 10.1. The molecule has 0 fully saturated rings. The first kappa shape index (κ1) is 10.1. The van der Waals surface area contributed by atoms with Crippen LogP contribution in [-0.2, 0) is 0 Å². The van der Waals surface area contributed by atoms with Crippen LogP contribution in [0.25, 0.3) is 0 Å². The molecule has 1 aliphatic rings. The van der Waals surface area contributed by atoms with Crippen molar-refractivity contribution in [2.75, 3.05) is 0 Å². The lowest BCUT2D eigenvalue weighted by Crippen LogP contribution is -2.18. The SMILES string of the molecule is BrC1(Br)C=CN=C(c2ccccn2)C1. The summed E-state index contributed by atoms with van der Waals surface area (Å²) < 4.78 is -0.172. The number of halogens is 2. The first-order valence-corrected chi connectivity index (χ1v) is 5.80. The van der Waals surface area contributed by atoms with Gasteiger partial charge in [-0.1, -0.05) is 37.9 Å². The van der Waals surface area contributed by atoms with Crippen LogP contribution in [0.2, 0.25) is 0 Å². The smallest absolute Gasteiger partial charge is 0.106 e. The van der Waals surface area contributed by atoms with Crippen molar-refractivity contribution in [3.05, 3.63) is 42.4 Å². The van der Waals surface area contributed by atoms with E-state index in [4.69, 9.17) is 0 Å². The second kappa shape index (κ2) is 3.95. The van der Waals surface area contributed by atoms with E-state index in [1.165, 1.54) is 0 Å². The van der Waals surface area contributed by atoms with Crippen LogP contribution >= 0.6 is 31.9 Å². The minimum atomic E-state index is -0.172. The maximum absolute atomic E-state index is 4.31. The van der Waals surface area contributed by atoms with Gasteiger partial charge in [0.15, 0.2) is 0 Å². The van der Waals surface area contributed by atoms with Gasteiger partial charge in [0.25, 0.3) is 0 Å². The van der Waals surface area contributed by atoms with E-state index in [9.17, 15) is 0 Å². The number of allylic oxidation sites excluding steroid dienone is 1. The summed E-state index contributed by atoms with van der Waals surface area (Å²) in [5.41, 5.74) is 1.92. The molecule has 0 radical (unpaired) electrons. The predicted octanol–water partition coefficient (Wildman–Crippen LogP) is 3.27. The number of nitrogens with zero attached hydrogens (tertiary/aromatic N) is 2. The molecule has 2 heterocycles. The molecule has 4 heteroatoms. The lowest BCUT2D eigenvalue weighted by Gasteiger charge is -2.19. The Balaban J connectivity index is 2.30. The highest BCUT2D eigenvalue weighted by Crippen LogP contribution is 2.35. The van der Waals surface area contributed by atoms with Crippen LogP contribution in [0.15, 0.2) is 41.7 Å². The van der Waals surface area contributed by atoms with Gasteiger partial charge in [-0.05, 0) is 18.2 Å². The summed E-state index contributed by atoms with van der Waals surface area (Å²) in [7, 11) is 0. The highest BCUT2D eigenvalue weighted by Gasteiger charge is 2.25. The maximum Gasteiger partial charge on any atom is 0.106 e. The van der Waals surface area contributed by atoms with Crippen LogP contribution < -0.4 is 0 Å². The van der Waals surface area contributed by atoms with E-state index in [0.717, 1.165) is 17.8 Å². The molecule has 0 spiro atoms. The first-order valence-electron chi connectivity index (χ1n) is 4.21. The molecule has 1 aliphatic heterocycles. The van der Waals surface area contributed by atoms with Crippen LogP contribution in [0.4, 0.5) is 0 Å². The van der Waals surface area contributed by atoms with Gasteiger partial charge < -0.3 is 0 Å². The highest BCUT2D eigenvalue weighted by atomic mass is 79.9. The first-order chi connectivity index (χ1) is 6.67. The molecule has 0 amide bonds. The van der Waals surface area contributed by atoms with Crippen molar-refractivity contribution >= 4 is 37.6 Å². The largest absolute Gasteiger partial charge is 0.259 e. The van der Waals surface area contributed by atoms with E-state index in [1.807, 2.05) is 24.3 Å². The molecular weight excluding hydrogens is 308 g/mol. The molecule has 14 heavy (non-hydrogen) atoms. The van der Waals surface area contributed by atoms with Crippen molar-refractivity contribution in [1.29, 1.82) is 0 Å². The number of aromatic nitrogens is 1. The number of alkyl halides is 2. The molecule has 72 valence electrons. The summed E-state index contributed by atoms with van der Waals surface area (Å²) in [6.45, 7) is 0. The Kier molecular flexibility index (Phi) is 2.83. The Morgan fingerprint density at radius 1 is 1.29 bits per heavy atom. The van der Waals surface area contributed by atoms with Crippen LogP contribution in [0, 0.1) is 0 Å². The molecule has 0 aromatic carbocycles. The lowest BCUT2D eigenvalue weighted by molar-refractivity contribution is 1.04. The van der Waals surface area contributed by atoms with Crippen molar-refractivity contribution in [2.45, 2.75) is 9.65 Å². The van der Waals surface area contributed by atoms with Gasteiger partial charge in [0.1, 0.15) is 3.23 Å². The summed E-state index contributed by atoms with van der Waals surface area (Å²) in [6, 6.07) is 5.83. The van der Waals surface area contributed by atoms with Crippen molar-refractivity contribution in [3.63, 3.8) is 0 Å². The molecule has 0 N–H and O–H groups in total. The Bertz CT molecular complexity index is 382. The van der Waals surface area contributed by atoms with Gasteiger partial charge in [0.05, 0.1) is 11.4 Å². The van der Waals surface area contributed by atoms with E-state index in [-0.39, 0.29) is 3.23 Å². The quantitative estimate of drug-likeness (QED) is 0.730. The fourth-order valence-electron chi connectivity index (χ4n) is 1.25. The van der Waals surface area contributed by atoms with Gasteiger partial charge in [-0.15, -0.1) is 0 Å². The average molecular weight is 316 g/mol. The fourth-order valence-corrected chi connectivity index (χ4v) is 2.02. The van der Waals surface area contributed by atoms with Crippen molar-refractivity contribution < 1.29 is 0 Å². The molecule has 2 rings (SSSR count). The number of hydrogen-bond donors (Lipinski definition) is 0. The zero-order valence-electron chi connectivity index (χ0n) is 7.32. The summed E-state index contributed by atoms with van der Waals surface area (Å²) in [5.74, 6) is 0. The minimum Gasteiger partial charge on any atom is -0.259 e. The Morgan fingerprint density at radius 2 is 2.14 bits per heavy atom. The third-order valence-corrected chi connectivity index (χ3v) is 3.00. The van der Waals surface area contributed by atoms with Crippen LogP contribution in [0.3, 0.4) is 0 Å². The predicted molar refractivity (Wildman–Crippen MR) is 65.1 cm³/mol. The third-order valence-electron chi connectivity index (χ3n) is 1.91. The number of pyridine rings is 1. The molecular formula is C10H8Br2N2. The molecule has 0 saturated heterocycles. The van der Waals surface area contributed by atoms with Gasteiger partial charge in [-0.25, -0.2) is 0 Å². The maximum atomic E-state index is 4.31. The average Bonchev–Trinajstić information content (AvgIpc) is 2.18. The number of rotatable bonds is 1. The van der Waals surface area contributed by atoms with Crippen LogP contribution in [0.5, 0.6) is 0 Å². The second-order valence-corrected chi connectivity index (χ2v) is 6.94. The van der Waals surface area contributed by atoms with Crippen molar-refractivity contribution in [1.82, 2.24) is 4.98 Å². The molecule has 2 nitrogen and oxygen atoms in total. The van der Waals surface area contributed by atoms with Crippen LogP contribution in [0.1, 0.15) is 12.1 Å². The second-order valence-electron chi connectivity index (χ2n) is 3.04. The van der Waals surface area contributed by atoms with Crippen molar-refractivity contribution in [2.24, 2.45) is 4.99 Å². The van der Waals surface area contributed by atoms with Gasteiger partial charge in [0, 0.05) is 18.8 Å². The van der Waals surface area contributed by atoms with Crippen molar-refractivity contribution in [3.8, 4) is 0 Å². The molecule has 1 aromatic heterocycles. The van der Waals surface area contributed by atoms with Gasteiger partial charge in [-0.2, -0.15) is 0 Å². The third kappa shape index (κ3) is 2.30. The van der Waals surface area contributed by atoms with E-state index in [2.05, 4.69) is 41.8 Å². The molecule has 1 aromatic rings. The topological polar surface area (TPSA) is 25.2 Å². The molecule has 0 bridgehead atoms. The standard InChI is InChI=1S/C10H8Br2N2/c11-10(12)4-6-14-9(7-10)8-3-1-2-5-13-8/h1-6H,7H2. The molecule has 0 atom stereocenters. The summed E-state index contributed by atoms with van der Waals surface area (Å²) >= 11 is 7.10. The zero-order chi connectivity index (χ0) is 10.0. The van der Waals surface area contributed by atoms with E-state index >= 15 is 0 Å².